The van der Waals surface area contributed by atoms with Crippen LogP contribution in [0.15, 0.2) is 91.0 Å². The summed E-state index contributed by atoms with van der Waals surface area (Å²) in [6.45, 7) is 0. The molecule has 2 amide bonds. The van der Waals surface area contributed by atoms with Gasteiger partial charge < -0.3 is 4.74 Å². The standard InChI is InChI=1S/C31H19ClN2O6/c32-22-12-11-18(34(38)39)14-23(22)33-29(35)26-20(16-6-2-1-3-7-16)15-21-25-19-9-5-4-8-17(19)10-13-24(25)40-31(37)27(21)28(26)30(33)36/h1-15,20,26-28H/t20-,26+,27+,28-/m1/s1. The molecular formula is C31H19ClN2O6. The Morgan fingerprint density at radius 3 is 2.35 bits per heavy atom. The van der Waals surface area contributed by atoms with Crippen molar-refractivity contribution >= 4 is 57.1 Å². The number of carbonyl (C=O) groups excluding carboxylic acids is 3. The quantitative estimate of drug-likeness (QED) is 0.103. The van der Waals surface area contributed by atoms with Gasteiger partial charge in [-0.05, 0) is 34.0 Å². The van der Waals surface area contributed by atoms with Crippen LogP contribution in [0.4, 0.5) is 11.4 Å². The summed E-state index contributed by atoms with van der Waals surface area (Å²) in [5.41, 5.74) is 1.76. The van der Waals surface area contributed by atoms with Crippen molar-refractivity contribution in [1.82, 2.24) is 0 Å². The van der Waals surface area contributed by atoms with Gasteiger partial charge in [0.05, 0.1) is 33.4 Å². The number of nitro benzene ring substituents is 1. The molecule has 4 atom stereocenters. The molecule has 0 N–H and O–H groups in total. The Morgan fingerprint density at radius 2 is 1.57 bits per heavy atom. The third kappa shape index (κ3) is 3.42. The average molecular weight is 551 g/mol. The van der Waals surface area contributed by atoms with Crippen LogP contribution >= 0.6 is 11.6 Å². The van der Waals surface area contributed by atoms with Gasteiger partial charge in [-0.25, -0.2) is 4.90 Å². The Labute approximate surface area is 232 Å². The van der Waals surface area contributed by atoms with Crippen LogP contribution in [0.1, 0.15) is 17.0 Å². The Bertz CT molecular complexity index is 1820. The maximum absolute atomic E-state index is 14.2. The van der Waals surface area contributed by atoms with Crippen molar-refractivity contribution in [1.29, 1.82) is 0 Å². The highest BCUT2D eigenvalue weighted by molar-refractivity contribution is 6.36. The SMILES string of the molecule is O=C1Oc2ccc3ccccc3c2C2=C[C@H](c3ccccc3)[C@@H]3C(=O)N(c4cc([N+](=O)[O-])ccc4Cl)C(=O)[C@H]3[C@@H]12. The number of ether oxygens (including phenoxy) is 1. The molecule has 3 aliphatic rings. The molecule has 0 bridgehead atoms. The van der Waals surface area contributed by atoms with Crippen molar-refractivity contribution in [2.75, 3.05) is 4.90 Å². The van der Waals surface area contributed by atoms with Gasteiger partial charge in [-0.3, -0.25) is 24.5 Å². The summed E-state index contributed by atoms with van der Waals surface area (Å²) in [5, 5.41) is 13.3. The number of hydrogen-bond acceptors (Lipinski definition) is 6. The molecule has 1 saturated heterocycles. The van der Waals surface area contributed by atoms with Crippen LogP contribution in [0.25, 0.3) is 16.3 Å². The molecular weight excluding hydrogens is 532 g/mol. The van der Waals surface area contributed by atoms with E-state index in [0.29, 0.717) is 16.9 Å². The molecule has 4 aromatic rings. The molecule has 7 rings (SSSR count). The number of benzene rings is 4. The predicted octanol–water partition coefficient (Wildman–Crippen LogP) is 5.92. The van der Waals surface area contributed by atoms with Crippen LogP contribution in [-0.2, 0) is 14.4 Å². The maximum atomic E-state index is 14.2. The number of hydrogen-bond donors (Lipinski definition) is 0. The summed E-state index contributed by atoms with van der Waals surface area (Å²) < 4.78 is 5.78. The van der Waals surface area contributed by atoms with Gasteiger partial charge in [0.25, 0.3) is 5.69 Å². The second-order valence-corrected chi connectivity index (χ2v) is 10.5. The summed E-state index contributed by atoms with van der Waals surface area (Å²) in [5.74, 6) is -5.06. The van der Waals surface area contributed by atoms with Crippen LogP contribution in [-0.4, -0.2) is 22.7 Å². The van der Waals surface area contributed by atoms with Crippen molar-refractivity contribution in [3.05, 3.63) is 117 Å². The number of nitrogens with zero attached hydrogens (tertiary/aromatic N) is 2. The third-order valence-corrected chi connectivity index (χ3v) is 8.37. The van der Waals surface area contributed by atoms with E-state index in [0.717, 1.165) is 27.3 Å². The molecule has 0 unspecified atom stereocenters. The number of rotatable bonds is 3. The average Bonchev–Trinajstić information content (AvgIpc) is 3.22. The minimum absolute atomic E-state index is 0.0120. The van der Waals surface area contributed by atoms with Crippen LogP contribution < -0.4 is 9.64 Å². The summed E-state index contributed by atoms with van der Waals surface area (Å²) in [6.07, 6.45) is 1.91. The first-order valence-corrected chi connectivity index (χ1v) is 13.0. The highest BCUT2D eigenvalue weighted by Gasteiger charge is 2.60. The van der Waals surface area contributed by atoms with Gasteiger partial charge in [0.2, 0.25) is 11.8 Å². The number of halogens is 1. The zero-order valence-electron chi connectivity index (χ0n) is 20.7. The number of non-ortho nitro benzene ring substituents is 1. The van der Waals surface area contributed by atoms with E-state index in [-0.39, 0.29) is 16.4 Å². The molecule has 4 aromatic carbocycles. The summed E-state index contributed by atoms with van der Waals surface area (Å²) in [7, 11) is 0. The zero-order valence-corrected chi connectivity index (χ0v) is 21.4. The van der Waals surface area contributed by atoms with E-state index in [9.17, 15) is 24.5 Å². The molecule has 2 heterocycles. The molecule has 0 saturated carbocycles. The van der Waals surface area contributed by atoms with E-state index >= 15 is 0 Å². The van der Waals surface area contributed by atoms with Gasteiger partial charge in [0.15, 0.2) is 0 Å². The van der Waals surface area contributed by atoms with E-state index in [1.165, 1.54) is 12.1 Å². The Balaban J connectivity index is 1.46. The molecule has 2 aliphatic heterocycles. The molecule has 40 heavy (non-hydrogen) atoms. The van der Waals surface area contributed by atoms with Gasteiger partial charge in [-0.15, -0.1) is 0 Å². The summed E-state index contributed by atoms with van der Waals surface area (Å²) in [4.78, 5) is 53.6. The van der Waals surface area contributed by atoms with Crippen LogP contribution in [0.5, 0.6) is 5.75 Å². The number of esters is 1. The van der Waals surface area contributed by atoms with Crippen molar-refractivity contribution in [2.45, 2.75) is 5.92 Å². The van der Waals surface area contributed by atoms with Gasteiger partial charge in [0, 0.05) is 23.6 Å². The van der Waals surface area contributed by atoms with Crippen molar-refractivity contribution in [3.8, 4) is 5.75 Å². The van der Waals surface area contributed by atoms with Gasteiger partial charge in [0.1, 0.15) is 5.75 Å². The molecule has 1 fully saturated rings. The second-order valence-electron chi connectivity index (χ2n) is 10.1. The first-order valence-electron chi connectivity index (χ1n) is 12.7. The minimum atomic E-state index is -1.09. The monoisotopic (exact) mass is 550 g/mol. The number of carbonyl (C=O) groups is 3. The molecule has 0 spiro atoms. The summed E-state index contributed by atoms with van der Waals surface area (Å²) >= 11 is 6.39. The predicted molar refractivity (Wildman–Crippen MR) is 148 cm³/mol. The fraction of sp³-hybridized carbons (Fsp3) is 0.129. The number of imide groups is 1. The van der Waals surface area contributed by atoms with E-state index < -0.39 is 46.4 Å². The smallest absolute Gasteiger partial charge is 0.319 e. The number of allylic oxidation sites excluding steroid dienone is 1. The topological polar surface area (TPSA) is 107 Å². The van der Waals surface area contributed by atoms with Crippen LogP contribution in [0.2, 0.25) is 5.02 Å². The Kier molecular flexibility index (Phi) is 5.37. The Morgan fingerprint density at radius 1 is 0.850 bits per heavy atom. The number of anilines is 1. The number of nitro groups is 1. The van der Waals surface area contributed by atoms with Crippen molar-refractivity contribution in [2.24, 2.45) is 17.8 Å². The molecule has 9 heteroatoms. The lowest BCUT2D eigenvalue weighted by Gasteiger charge is -2.38. The normalized spacial score (nSPS) is 23.3. The number of amides is 2. The van der Waals surface area contributed by atoms with Gasteiger partial charge in [-0.1, -0.05) is 78.3 Å². The fourth-order valence-electron chi connectivity index (χ4n) is 6.36. The largest absolute Gasteiger partial charge is 0.425 e. The second kappa shape index (κ2) is 8.86. The van der Waals surface area contributed by atoms with E-state index in [1.807, 2.05) is 66.7 Å². The van der Waals surface area contributed by atoms with E-state index in [1.54, 1.807) is 6.07 Å². The van der Waals surface area contributed by atoms with Crippen molar-refractivity contribution < 1.29 is 24.0 Å². The number of fused-ring (bicyclic) bond motifs is 7. The molecule has 0 radical (unpaired) electrons. The summed E-state index contributed by atoms with van der Waals surface area (Å²) in [6, 6.07) is 24.2. The van der Waals surface area contributed by atoms with Crippen LogP contribution in [0.3, 0.4) is 0 Å². The fourth-order valence-corrected chi connectivity index (χ4v) is 6.56. The lowest BCUT2D eigenvalue weighted by Crippen LogP contribution is -2.42. The molecule has 1 aliphatic carbocycles. The van der Waals surface area contributed by atoms with Gasteiger partial charge in [-0.2, -0.15) is 0 Å². The lowest BCUT2D eigenvalue weighted by molar-refractivity contribution is -0.384. The lowest BCUT2D eigenvalue weighted by atomic mass is 9.64. The molecule has 196 valence electrons. The minimum Gasteiger partial charge on any atom is -0.425 e. The van der Waals surface area contributed by atoms with Crippen LogP contribution in [0, 0.1) is 27.9 Å². The molecule has 0 aromatic heterocycles. The van der Waals surface area contributed by atoms with Crippen molar-refractivity contribution in [3.63, 3.8) is 0 Å². The van der Waals surface area contributed by atoms with Gasteiger partial charge >= 0.3 is 5.97 Å². The third-order valence-electron chi connectivity index (χ3n) is 8.05. The highest BCUT2D eigenvalue weighted by Crippen LogP contribution is 2.56. The molecule has 8 nitrogen and oxygen atoms in total. The Hall–Kier alpha value is -4.82. The highest BCUT2D eigenvalue weighted by atomic mass is 35.5. The maximum Gasteiger partial charge on any atom is 0.319 e. The first kappa shape index (κ1) is 24.2. The first-order chi connectivity index (χ1) is 19.3. The van der Waals surface area contributed by atoms with E-state index in [2.05, 4.69) is 0 Å². The zero-order chi connectivity index (χ0) is 27.7. The van der Waals surface area contributed by atoms with E-state index in [4.69, 9.17) is 16.3 Å².